The van der Waals surface area contributed by atoms with Crippen molar-refractivity contribution in [1.82, 2.24) is 10.2 Å². The fourth-order valence-electron chi connectivity index (χ4n) is 4.67. The number of para-hydroxylation sites is 1. The maximum absolute atomic E-state index is 14.2. The first-order valence-electron chi connectivity index (χ1n) is 14.1. The first-order chi connectivity index (χ1) is 19.3. The van der Waals surface area contributed by atoms with Crippen LogP contribution in [0.3, 0.4) is 0 Å². The van der Waals surface area contributed by atoms with Gasteiger partial charge in [-0.05, 0) is 76.8 Å². The molecule has 3 rings (SSSR count). The minimum Gasteiger partial charge on any atom is -0.350 e. The fourth-order valence-corrected chi connectivity index (χ4v) is 6.12. The van der Waals surface area contributed by atoms with E-state index in [2.05, 4.69) is 5.32 Å². The molecule has 8 heteroatoms. The summed E-state index contributed by atoms with van der Waals surface area (Å²) < 4.78 is 29.4. The van der Waals surface area contributed by atoms with Crippen molar-refractivity contribution in [3.8, 4) is 0 Å². The average Bonchev–Trinajstić information content (AvgIpc) is 2.91. The summed E-state index contributed by atoms with van der Waals surface area (Å²) in [6, 6.07) is 20.8. The molecule has 0 bridgehead atoms. The van der Waals surface area contributed by atoms with Crippen LogP contribution in [0.25, 0.3) is 0 Å². The number of carbonyl (C=O) groups excluding carboxylic acids is 2. The molecule has 0 aliphatic carbocycles. The Morgan fingerprint density at radius 1 is 0.854 bits per heavy atom. The number of benzene rings is 3. The molecule has 0 aliphatic rings. The van der Waals surface area contributed by atoms with Gasteiger partial charge >= 0.3 is 0 Å². The van der Waals surface area contributed by atoms with Gasteiger partial charge in [0, 0.05) is 12.1 Å². The zero-order valence-corrected chi connectivity index (χ0v) is 26.1. The van der Waals surface area contributed by atoms with Gasteiger partial charge in [0.2, 0.25) is 11.8 Å². The van der Waals surface area contributed by atoms with Gasteiger partial charge in [-0.15, -0.1) is 0 Å². The number of nitrogens with one attached hydrogen (secondary N) is 1. The third-order valence-corrected chi connectivity index (χ3v) is 8.66. The molecule has 0 spiro atoms. The van der Waals surface area contributed by atoms with Crippen LogP contribution in [0.4, 0.5) is 5.69 Å². The molecule has 7 nitrogen and oxygen atoms in total. The van der Waals surface area contributed by atoms with Gasteiger partial charge in [-0.1, -0.05) is 79.6 Å². The van der Waals surface area contributed by atoms with Gasteiger partial charge < -0.3 is 10.2 Å². The van der Waals surface area contributed by atoms with Crippen molar-refractivity contribution in [2.45, 2.75) is 84.3 Å². The van der Waals surface area contributed by atoms with E-state index in [1.165, 1.54) is 9.21 Å². The fraction of sp³-hybridized carbons (Fsp3) is 0.394. The molecule has 0 aromatic heterocycles. The Bertz CT molecular complexity index is 1440. The Morgan fingerprint density at radius 2 is 1.41 bits per heavy atom. The normalized spacial score (nSPS) is 12.5. The number of carbonyl (C=O) groups is 2. The molecule has 0 aliphatic heterocycles. The molecular formula is C33H43N3O4S. The minimum absolute atomic E-state index is 0.101. The number of hydrogen-bond donors (Lipinski definition) is 1. The van der Waals surface area contributed by atoms with Gasteiger partial charge in [-0.25, -0.2) is 8.42 Å². The van der Waals surface area contributed by atoms with Crippen molar-refractivity contribution in [2.75, 3.05) is 10.8 Å². The highest BCUT2D eigenvalue weighted by molar-refractivity contribution is 7.92. The Morgan fingerprint density at radius 3 is 1.95 bits per heavy atom. The summed E-state index contributed by atoms with van der Waals surface area (Å²) in [6.45, 7) is 13.1. The van der Waals surface area contributed by atoms with Gasteiger partial charge in [0.1, 0.15) is 12.6 Å². The van der Waals surface area contributed by atoms with E-state index in [1.54, 1.807) is 36.4 Å². The molecule has 1 N–H and O–H groups in total. The molecule has 3 aromatic rings. The van der Waals surface area contributed by atoms with Crippen LogP contribution in [0.5, 0.6) is 0 Å². The van der Waals surface area contributed by atoms with E-state index in [4.69, 9.17) is 0 Å². The zero-order chi connectivity index (χ0) is 30.4. The number of nitrogens with zero attached hydrogens (tertiary/aromatic N) is 2. The number of amides is 2. The molecule has 220 valence electrons. The maximum atomic E-state index is 14.2. The van der Waals surface area contributed by atoms with Crippen LogP contribution in [0.1, 0.15) is 63.3 Å². The molecule has 0 fully saturated rings. The number of aryl methyl sites for hydroxylation is 3. The molecule has 1 unspecified atom stereocenters. The Kier molecular flexibility index (Phi) is 10.4. The van der Waals surface area contributed by atoms with Crippen LogP contribution in [0.2, 0.25) is 0 Å². The lowest BCUT2D eigenvalue weighted by molar-refractivity contribution is -0.141. The van der Waals surface area contributed by atoms with E-state index in [0.29, 0.717) is 18.5 Å². The summed E-state index contributed by atoms with van der Waals surface area (Å²) in [5, 5.41) is 3.00. The summed E-state index contributed by atoms with van der Waals surface area (Å²) in [7, 11) is -4.11. The molecule has 3 aromatic carbocycles. The van der Waals surface area contributed by atoms with Crippen molar-refractivity contribution in [3.05, 3.63) is 95.1 Å². The quantitative estimate of drug-likeness (QED) is 0.313. The molecule has 0 radical (unpaired) electrons. The third kappa shape index (κ3) is 8.19. The summed E-state index contributed by atoms with van der Waals surface area (Å²) >= 11 is 0. The lowest BCUT2D eigenvalue weighted by atomic mass is 10.1. The van der Waals surface area contributed by atoms with Crippen LogP contribution >= 0.6 is 0 Å². The predicted molar refractivity (Wildman–Crippen MR) is 165 cm³/mol. The average molecular weight is 578 g/mol. The summed E-state index contributed by atoms with van der Waals surface area (Å²) in [5.74, 6) is -0.731. The predicted octanol–water partition coefficient (Wildman–Crippen LogP) is 5.78. The number of rotatable bonds is 11. The van der Waals surface area contributed by atoms with Gasteiger partial charge in [-0.3, -0.25) is 13.9 Å². The van der Waals surface area contributed by atoms with E-state index >= 15 is 0 Å². The van der Waals surface area contributed by atoms with E-state index in [0.717, 1.165) is 22.3 Å². The third-order valence-electron chi connectivity index (χ3n) is 6.89. The van der Waals surface area contributed by atoms with Gasteiger partial charge in [0.25, 0.3) is 10.0 Å². The van der Waals surface area contributed by atoms with Crippen molar-refractivity contribution < 1.29 is 18.0 Å². The Hall–Kier alpha value is -3.65. The van der Waals surface area contributed by atoms with Gasteiger partial charge in [-0.2, -0.15) is 0 Å². The van der Waals surface area contributed by atoms with Crippen molar-refractivity contribution >= 4 is 27.5 Å². The van der Waals surface area contributed by atoms with Crippen LogP contribution in [0, 0.1) is 13.8 Å². The van der Waals surface area contributed by atoms with Crippen LogP contribution < -0.4 is 9.62 Å². The smallest absolute Gasteiger partial charge is 0.264 e. The molecule has 41 heavy (non-hydrogen) atoms. The highest BCUT2D eigenvalue weighted by Gasteiger charge is 2.35. The second-order valence-electron chi connectivity index (χ2n) is 11.5. The van der Waals surface area contributed by atoms with E-state index in [9.17, 15) is 18.0 Å². The summed E-state index contributed by atoms with van der Waals surface area (Å²) in [4.78, 5) is 29.3. The topological polar surface area (TPSA) is 86.8 Å². The molecule has 0 saturated carbocycles. The van der Waals surface area contributed by atoms with E-state index < -0.39 is 34.1 Å². The Balaban J connectivity index is 2.10. The van der Waals surface area contributed by atoms with Crippen LogP contribution in [-0.2, 0) is 32.6 Å². The highest BCUT2D eigenvalue weighted by Crippen LogP contribution is 2.28. The first-order valence-corrected chi connectivity index (χ1v) is 15.5. The van der Waals surface area contributed by atoms with Gasteiger partial charge in [0.05, 0.1) is 10.6 Å². The molecule has 0 saturated heterocycles. The standard InChI is InChI=1S/C33H43N3O4S/c1-8-27-12-10-11-13-30(27)36(41(39,40)28-20-16-25(4)17-21-28)23-31(37)35(22-26-18-14-24(3)15-19-26)29(9-2)32(38)34-33(5,6)7/h10-21,29H,8-9,22-23H2,1-7H3,(H,34,38). The summed E-state index contributed by atoms with van der Waals surface area (Å²) in [5.41, 5.74) is 3.62. The van der Waals surface area contributed by atoms with Crippen molar-refractivity contribution in [3.63, 3.8) is 0 Å². The zero-order valence-electron chi connectivity index (χ0n) is 25.3. The monoisotopic (exact) mass is 577 g/mol. The maximum Gasteiger partial charge on any atom is 0.264 e. The first kappa shape index (κ1) is 31.9. The minimum atomic E-state index is -4.11. The van der Waals surface area contributed by atoms with E-state index in [-0.39, 0.29) is 17.3 Å². The van der Waals surface area contributed by atoms with Crippen LogP contribution in [0.15, 0.2) is 77.7 Å². The molecular weight excluding hydrogens is 534 g/mol. The summed E-state index contributed by atoms with van der Waals surface area (Å²) in [6.07, 6.45) is 0.957. The number of hydrogen-bond acceptors (Lipinski definition) is 4. The van der Waals surface area contributed by atoms with Crippen molar-refractivity contribution in [2.24, 2.45) is 0 Å². The Labute approximate surface area is 245 Å². The lowest BCUT2D eigenvalue weighted by Gasteiger charge is -2.35. The highest BCUT2D eigenvalue weighted by atomic mass is 32.2. The van der Waals surface area contributed by atoms with Gasteiger partial charge in [0.15, 0.2) is 0 Å². The number of anilines is 1. The molecule has 1 atom stereocenters. The second-order valence-corrected chi connectivity index (χ2v) is 13.3. The van der Waals surface area contributed by atoms with Crippen LogP contribution in [-0.4, -0.2) is 43.3 Å². The number of sulfonamides is 1. The van der Waals surface area contributed by atoms with E-state index in [1.807, 2.05) is 84.9 Å². The molecule has 0 heterocycles. The largest absolute Gasteiger partial charge is 0.350 e. The SMILES string of the molecule is CCc1ccccc1N(CC(=O)N(Cc1ccc(C)cc1)C(CC)C(=O)NC(C)(C)C)S(=O)(=O)c1ccc(C)cc1. The second kappa shape index (κ2) is 13.3. The lowest BCUT2D eigenvalue weighted by Crippen LogP contribution is -2.55. The van der Waals surface area contributed by atoms with Crippen molar-refractivity contribution in [1.29, 1.82) is 0 Å². The molecule has 2 amide bonds.